The van der Waals surface area contributed by atoms with Crippen molar-refractivity contribution >= 4 is 11.8 Å². The summed E-state index contributed by atoms with van der Waals surface area (Å²) in [7, 11) is 0. The van der Waals surface area contributed by atoms with Crippen LogP contribution >= 0.6 is 0 Å². The van der Waals surface area contributed by atoms with Crippen molar-refractivity contribution in [3.05, 3.63) is 35.6 Å². The van der Waals surface area contributed by atoms with Crippen LogP contribution in [0.4, 0.5) is 4.39 Å². The normalized spacial score (nSPS) is 25.7. The highest BCUT2D eigenvalue weighted by Gasteiger charge is 2.45. The van der Waals surface area contributed by atoms with Crippen molar-refractivity contribution in [2.75, 3.05) is 6.54 Å². The molecule has 4 nitrogen and oxygen atoms in total. The van der Waals surface area contributed by atoms with E-state index < -0.39 is 6.04 Å². The lowest BCUT2D eigenvalue weighted by Gasteiger charge is -2.47. The van der Waals surface area contributed by atoms with E-state index in [9.17, 15) is 14.0 Å². The zero-order valence-electron chi connectivity index (χ0n) is 18.0. The predicted octanol–water partition coefficient (Wildman–Crippen LogP) is 5.37. The molecule has 1 aromatic carbocycles. The van der Waals surface area contributed by atoms with Gasteiger partial charge in [-0.1, -0.05) is 69.9 Å². The molecule has 5 heteroatoms. The van der Waals surface area contributed by atoms with Crippen LogP contribution in [0.25, 0.3) is 0 Å². The van der Waals surface area contributed by atoms with Crippen molar-refractivity contribution in [1.29, 1.82) is 0 Å². The molecular formula is C25H35FN2O2. The van der Waals surface area contributed by atoms with Gasteiger partial charge >= 0.3 is 0 Å². The van der Waals surface area contributed by atoms with Crippen LogP contribution < -0.4 is 0 Å². The summed E-state index contributed by atoms with van der Waals surface area (Å²) >= 11 is 0. The third kappa shape index (κ3) is 4.70. The molecule has 1 unspecified atom stereocenters. The van der Waals surface area contributed by atoms with Gasteiger partial charge in [0.2, 0.25) is 5.91 Å². The number of hydrogen-bond donors (Lipinski definition) is 0. The fraction of sp³-hybridized carbons (Fsp3) is 0.680. The van der Waals surface area contributed by atoms with Crippen LogP contribution in [0, 0.1) is 5.82 Å². The van der Waals surface area contributed by atoms with Crippen molar-refractivity contribution in [2.45, 2.75) is 102 Å². The van der Waals surface area contributed by atoms with E-state index in [1.165, 1.54) is 44.2 Å². The highest BCUT2D eigenvalue weighted by atomic mass is 19.1. The number of benzene rings is 1. The van der Waals surface area contributed by atoms with Gasteiger partial charge in [0.05, 0.1) is 0 Å². The molecule has 1 aliphatic heterocycles. The molecule has 4 rings (SSSR count). The fourth-order valence-electron chi connectivity index (χ4n) is 5.68. The zero-order chi connectivity index (χ0) is 20.9. The Labute approximate surface area is 179 Å². The van der Waals surface area contributed by atoms with E-state index in [-0.39, 0.29) is 36.3 Å². The molecule has 1 aromatic rings. The van der Waals surface area contributed by atoms with Gasteiger partial charge in [-0.3, -0.25) is 9.59 Å². The van der Waals surface area contributed by atoms with Gasteiger partial charge in [0.25, 0.3) is 5.91 Å². The molecule has 30 heavy (non-hydrogen) atoms. The topological polar surface area (TPSA) is 40.6 Å². The summed E-state index contributed by atoms with van der Waals surface area (Å²) in [6.45, 7) is 0.206. The number of piperazine rings is 1. The molecule has 1 atom stereocenters. The molecule has 3 fully saturated rings. The van der Waals surface area contributed by atoms with Crippen LogP contribution in [-0.2, 0) is 9.59 Å². The summed E-state index contributed by atoms with van der Waals surface area (Å²) in [5.41, 5.74) is 0.745. The number of halogens is 1. The van der Waals surface area contributed by atoms with E-state index in [0.29, 0.717) is 0 Å². The summed E-state index contributed by atoms with van der Waals surface area (Å²) < 4.78 is 13.6. The highest BCUT2D eigenvalue weighted by Crippen LogP contribution is 2.36. The Hall–Kier alpha value is -1.91. The molecule has 164 valence electrons. The number of hydrogen-bond acceptors (Lipinski definition) is 2. The third-order valence-electron chi connectivity index (χ3n) is 7.31. The van der Waals surface area contributed by atoms with Crippen LogP contribution in [0.5, 0.6) is 0 Å². The number of amides is 2. The van der Waals surface area contributed by atoms with Gasteiger partial charge in [0, 0.05) is 12.1 Å². The van der Waals surface area contributed by atoms with Crippen LogP contribution in [0.3, 0.4) is 0 Å². The monoisotopic (exact) mass is 414 g/mol. The van der Waals surface area contributed by atoms with Gasteiger partial charge in [-0.2, -0.15) is 0 Å². The molecule has 0 spiro atoms. The maximum atomic E-state index is 13.8. The molecule has 0 aromatic heterocycles. The maximum absolute atomic E-state index is 13.8. The number of nitrogens with zero attached hydrogens (tertiary/aromatic N) is 2. The van der Waals surface area contributed by atoms with Crippen LogP contribution in [-0.4, -0.2) is 40.2 Å². The smallest absolute Gasteiger partial charge is 0.250 e. The second kappa shape index (κ2) is 9.93. The standard InChI is InChI=1S/C25H35FN2O2/c26-20-16-14-19(15-17-20)24-25(30)27(21-10-6-4-5-7-11-21)18-23(29)28(24)22-12-8-2-1-3-9-13-22/h14-17,21-22,24H,1-13,18H2. The first-order valence-corrected chi connectivity index (χ1v) is 12.0. The highest BCUT2D eigenvalue weighted by molar-refractivity contribution is 5.96. The van der Waals surface area contributed by atoms with Crippen LogP contribution in [0.1, 0.15) is 95.1 Å². The summed E-state index contributed by atoms with van der Waals surface area (Å²) in [5, 5.41) is 0. The average Bonchev–Trinajstić information content (AvgIpc) is 3.00. The van der Waals surface area contributed by atoms with Gasteiger partial charge in [-0.05, 0) is 43.4 Å². The molecule has 3 aliphatic rings. The van der Waals surface area contributed by atoms with E-state index in [2.05, 4.69) is 0 Å². The molecular weight excluding hydrogens is 379 g/mol. The van der Waals surface area contributed by atoms with Crippen LogP contribution in [0.2, 0.25) is 0 Å². The molecule has 2 saturated carbocycles. The third-order valence-corrected chi connectivity index (χ3v) is 7.31. The quantitative estimate of drug-likeness (QED) is 0.624. The van der Waals surface area contributed by atoms with E-state index in [0.717, 1.165) is 56.9 Å². The van der Waals surface area contributed by atoms with E-state index in [1.54, 1.807) is 12.1 Å². The minimum atomic E-state index is -0.612. The molecule has 2 aliphatic carbocycles. The van der Waals surface area contributed by atoms with E-state index in [1.807, 2.05) is 9.80 Å². The molecule has 0 N–H and O–H groups in total. The zero-order valence-corrected chi connectivity index (χ0v) is 18.0. The molecule has 2 amide bonds. The Balaban J connectivity index is 1.65. The Kier molecular flexibility index (Phi) is 7.06. The average molecular weight is 415 g/mol. The van der Waals surface area contributed by atoms with Gasteiger partial charge in [-0.15, -0.1) is 0 Å². The van der Waals surface area contributed by atoms with Crippen molar-refractivity contribution in [3.63, 3.8) is 0 Å². The first-order valence-electron chi connectivity index (χ1n) is 12.0. The van der Waals surface area contributed by atoms with Gasteiger partial charge in [-0.25, -0.2) is 4.39 Å². The van der Waals surface area contributed by atoms with Crippen molar-refractivity contribution < 1.29 is 14.0 Å². The second-order valence-electron chi connectivity index (χ2n) is 9.37. The first-order chi connectivity index (χ1) is 14.6. The lowest BCUT2D eigenvalue weighted by molar-refractivity contribution is -0.162. The van der Waals surface area contributed by atoms with Crippen molar-refractivity contribution in [2.24, 2.45) is 0 Å². The van der Waals surface area contributed by atoms with Crippen LogP contribution in [0.15, 0.2) is 24.3 Å². The largest absolute Gasteiger partial charge is 0.328 e. The van der Waals surface area contributed by atoms with Crippen molar-refractivity contribution in [1.82, 2.24) is 9.80 Å². The Morgan fingerprint density at radius 3 is 1.77 bits per heavy atom. The summed E-state index contributed by atoms with van der Waals surface area (Å²) in [4.78, 5) is 31.0. The minimum Gasteiger partial charge on any atom is -0.328 e. The van der Waals surface area contributed by atoms with E-state index >= 15 is 0 Å². The molecule has 0 bridgehead atoms. The Morgan fingerprint density at radius 1 is 0.700 bits per heavy atom. The van der Waals surface area contributed by atoms with Gasteiger partial charge in [0.1, 0.15) is 18.4 Å². The maximum Gasteiger partial charge on any atom is 0.250 e. The molecule has 1 heterocycles. The summed E-state index contributed by atoms with van der Waals surface area (Å²) in [5.74, 6) is -0.208. The minimum absolute atomic E-state index is 0.0372. The van der Waals surface area contributed by atoms with Crippen molar-refractivity contribution in [3.8, 4) is 0 Å². The van der Waals surface area contributed by atoms with E-state index in [4.69, 9.17) is 0 Å². The number of carbonyl (C=O) groups excluding carboxylic acids is 2. The Bertz CT molecular complexity index is 719. The Morgan fingerprint density at radius 2 is 1.20 bits per heavy atom. The van der Waals surface area contributed by atoms with Gasteiger partial charge < -0.3 is 9.80 Å². The number of rotatable bonds is 3. The fourth-order valence-corrected chi connectivity index (χ4v) is 5.68. The first kappa shape index (κ1) is 21.3. The summed E-state index contributed by atoms with van der Waals surface area (Å²) in [6.07, 6.45) is 14.4. The predicted molar refractivity (Wildman–Crippen MR) is 115 cm³/mol. The SMILES string of the molecule is O=C1C(c2ccc(F)cc2)N(C2CCCCCCC2)C(=O)CN1C1CCCCCC1. The molecule has 0 radical (unpaired) electrons. The summed E-state index contributed by atoms with van der Waals surface area (Å²) in [6, 6.07) is 5.86. The van der Waals surface area contributed by atoms with Gasteiger partial charge in [0.15, 0.2) is 0 Å². The lowest BCUT2D eigenvalue weighted by atomic mass is 9.90. The second-order valence-corrected chi connectivity index (χ2v) is 9.37. The number of carbonyl (C=O) groups is 2. The lowest BCUT2D eigenvalue weighted by Crippen LogP contribution is -2.60. The molecule has 1 saturated heterocycles.